The van der Waals surface area contributed by atoms with E-state index in [4.69, 9.17) is 33.2 Å². The van der Waals surface area contributed by atoms with Crippen LogP contribution >= 0.6 is 0 Å². The van der Waals surface area contributed by atoms with Crippen LogP contribution in [-0.4, -0.2) is 174 Å². The molecular formula is C45H74O17. The number of ether oxygens (including phenoxy) is 7. The van der Waals surface area contributed by atoms with Crippen molar-refractivity contribution in [3.05, 3.63) is 11.6 Å². The zero-order valence-electron chi connectivity index (χ0n) is 37.0. The van der Waals surface area contributed by atoms with Gasteiger partial charge in [-0.1, -0.05) is 39.3 Å². The van der Waals surface area contributed by atoms with Crippen molar-refractivity contribution in [3.8, 4) is 0 Å². The largest absolute Gasteiger partial charge is 0.396 e. The van der Waals surface area contributed by atoms with Crippen molar-refractivity contribution in [1.82, 2.24) is 0 Å². The summed E-state index contributed by atoms with van der Waals surface area (Å²) in [7, 11) is 0. The summed E-state index contributed by atoms with van der Waals surface area (Å²) < 4.78 is 43.1. The Hall–Kier alpha value is -0.940. The number of aliphatic hydroxyl groups is 10. The van der Waals surface area contributed by atoms with Gasteiger partial charge in [-0.15, -0.1) is 0 Å². The van der Waals surface area contributed by atoms with Crippen molar-refractivity contribution in [1.29, 1.82) is 0 Å². The van der Waals surface area contributed by atoms with Crippen molar-refractivity contribution in [2.24, 2.45) is 46.3 Å². The molecule has 12 unspecified atom stereocenters. The van der Waals surface area contributed by atoms with Crippen molar-refractivity contribution in [2.45, 2.75) is 209 Å². The Bertz CT molecular complexity index is 1590. The van der Waals surface area contributed by atoms with Gasteiger partial charge in [0.2, 0.25) is 0 Å². The quantitative estimate of drug-likeness (QED) is 0.124. The topological polar surface area (TPSA) is 267 Å². The number of rotatable bonds is 11. The van der Waals surface area contributed by atoms with E-state index in [-0.39, 0.29) is 41.3 Å². The highest BCUT2D eigenvalue weighted by atomic mass is 16.8. The van der Waals surface area contributed by atoms with Gasteiger partial charge < -0.3 is 84.2 Å². The lowest BCUT2D eigenvalue weighted by molar-refractivity contribution is -0.388. The predicted molar refractivity (Wildman–Crippen MR) is 216 cm³/mol. The van der Waals surface area contributed by atoms with E-state index in [0.717, 1.165) is 32.1 Å². The molecule has 26 atom stereocenters. The first-order chi connectivity index (χ1) is 29.3. The number of aliphatic hydroxyl groups excluding tert-OH is 9. The van der Waals surface area contributed by atoms with Crippen molar-refractivity contribution >= 4 is 0 Å². The van der Waals surface area contributed by atoms with E-state index in [1.54, 1.807) is 0 Å². The van der Waals surface area contributed by atoms with Gasteiger partial charge in [-0.05, 0) is 106 Å². The second-order valence-electron chi connectivity index (χ2n) is 21.0. The molecule has 10 N–H and O–H groups in total. The maximum atomic E-state index is 12.0. The molecule has 17 heteroatoms. The highest BCUT2D eigenvalue weighted by Crippen LogP contribution is 2.70. The lowest BCUT2D eigenvalue weighted by Gasteiger charge is -2.58. The first-order valence-electron chi connectivity index (χ1n) is 23.3. The molecule has 17 nitrogen and oxygen atoms in total. The molecular weight excluding hydrogens is 812 g/mol. The third-order valence-corrected chi connectivity index (χ3v) is 17.4. The maximum Gasteiger partial charge on any atom is 0.187 e. The number of fused-ring (bicyclic) bond motifs is 7. The Morgan fingerprint density at radius 3 is 1.98 bits per heavy atom. The van der Waals surface area contributed by atoms with Crippen LogP contribution in [0, 0.1) is 46.3 Å². The average molecular weight is 887 g/mol. The smallest absolute Gasteiger partial charge is 0.187 e. The SMILES string of the molecule is CC1O[C@@H](OC2C(O)[C@H](O[C@@H]3OC(C)[C@H](O)C(O)C3O)C(CO)O[C@H]2OC2CC[C@@]3(C)C(=CC[C@H]4[C@@H]5CC6OC(O)(CC[C@@H](C)CO)[C@@H](C)[C@H]6[C@@]5(C)CC[C@@H]43)C2)C(O)C(O)[C@H]1O. The van der Waals surface area contributed by atoms with Crippen LogP contribution in [0.2, 0.25) is 0 Å². The second-order valence-corrected chi connectivity index (χ2v) is 21.0. The van der Waals surface area contributed by atoms with Gasteiger partial charge in [0.25, 0.3) is 0 Å². The molecule has 0 bridgehead atoms. The number of hydrogen-bond acceptors (Lipinski definition) is 17. The lowest BCUT2D eigenvalue weighted by atomic mass is 9.47. The molecule has 8 aliphatic rings. The van der Waals surface area contributed by atoms with Crippen molar-refractivity contribution in [3.63, 3.8) is 0 Å². The Morgan fingerprint density at radius 1 is 0.742 bits per heavy atom. The van der Waals surface area contributed by atoms with E-state index in [0.29, 0.717) is 43.4 Å². The molecule has 62 heavy (non-hydrogen) atoms. The lowest BCUT2D eigenvalue weighted by Crippen LogP contribution is -2.66. The fourth-order valence-electron chi connectivity index (χ4n) is 13.5. The van der Waals surface area contributed by atoms with Crippen LogP contribution in [0.1, 0.15) is 99.3 Å². The molecule has 0 aromatic heterocycles. The highest BCUT2D eigenvalue weighted by Gasteiger charge is 2.68. The molecule has 7 fully saturated rings. The molecule has 3 saturated carbocycles. The fraction of sp³-hybridized carbons (Fsp3) is 0.956. The van der Waals surface area contributed by atoms with Gasteiger partial charge in [-0.3, -0.25) is 0 Å². The van der Waals surface area contributed by atoms with Crippen LogP contribution in [0.5, 0.6) is 0 Å². The van der Waals surface area contributed by atoms with E-state index >= 15 is 0 Å². The number of hydrogen-bond donors (Lipinski definition) is 10. The van der Waals surface area contributed by atoms with Crippen LogP contribution < -0.4 is 0 Å². The molecule has 0 aromatic rings. The molecule has 356 valence electrons. The van der Waals surface area contributed by atoms with Crippen molar-refractivity contribution < 1.29 is 84.2 Å². The van der Waals surface area contributed by atoms with Gasteiger partial charge >= 0.3 is 0 Å². The van der Waals surface area contributed by atoms with E-state index in [2.05, 4.69) is 26.8 Å². The summed E-state index contributed by atoms with van der Waals surface area (Å²) in [5, 5.41) is 107. The summed E-state index contributed by atoms with van der Waals surface area (Å²) in [6.45, 7) is 11.4. The van der Waals surface area contributed by atoms with Crippen LogP contribution in [0.3, 0.4) is 0 Å². The minimum absolute atomic E-state index is 0.00392. The van der Waals surface area contributed by atoms with Gasteiger partial charge in [-0.25, -0.2) is 0 Å². The minimum atomic E-state index is -1.72. The molecule has 0 radical (unpaired) electrons. The molecule has 0 aromatic carbocycles. The fourth-order valence-corrected chi connectivity index (χ4v) is 13.5. The van der Waals surface area contributed by atoms with Crippen LogP contribution in [-0.2, 0) is 33.2 Å². The zero-order chi connectivity index (χ0) is 44.8. The summed E-state index contributed by atoms with van der Waals surface area (Å²) in [6.07, 6.45) is -12.4. The Balaban J connectivity index is 0.982. The van der Waals surface area contributed by atoms with Crippen molar-refractivity contribution in [2.75, 3.05) is 13.2 Å². The van der Waals surface area contributed by atoms with E-state index < -0.39 is 111 Å². The Labute approximate surface area is 364 Å². The third kappa shape index (κ3) is 8.07. The molecule has 0 amide bonds. The zero-order valence-corrected chi connectivity index (χ0v) is 37.0. The second kappa shape index (κ2) is 17.9. The molecule has 0 spiro atoms. The monoisotopic (exact) mass is 886 g/mol. The van der Waals surface area contributed by atoms with E-state index in [1.807, 2.05) is 6.92 Å². The van der Waals surface area contributed by atoms with Gasteiger partial charge in [0, 0.05) is 18.9 Å². The van der Waals surface area contributed by atoms with Crippen LogP contribution in [0.4, 0.5) is 0 Å². The molecule has 4 aliphatic carbocycles. The predicted octanol–water partition coefficient (Wildman–Crippen LogP) is 0.196. The summed E-state index contributed by atoms with van der Waals surface area (Å²) in [4.78, 5) is 0. The van der Waals surface area contributed by atoms with Crippen LogP contribution in [0.25, 0.3) is 0 Å². The standard InChI is InChI=1S/C45H74O17/c1-19(17-46)9-14-45(55)20(2)30-28(62-45)16-27-25-8-7-23-15-24(10-12-43(23,5)26(25)11-13-44(27,30)6)58-42-39(61-41-36(53)34(51)32(49)22(4)57-41)37(54)38(29(18-47)59-42)60-40-35(52)33(50)31(48)21(3)56-40/h7,19-22,24-42,46-55H,8-18H2,1-6H3/t19-,20+,21?,22?,24?,25-,26+,27+,28?,29?,30-,31+,32+,33?,34?,35?,36?,37?,38-,39?,40+,41+,42-,43+,44+,45?/m1/s1. The summed E-state index contributed by atoms with van der Waals surface area (Å²) >= 11 is 0. The molecule has 4 saturated heterocycles. The number of allylic oxidation sites excluding steroid dienone is 1. The van der Waals surface area contributed by atoms with E-state index in [1.165, 1.54) is 19.4 Å². The Morgan fingerprint density at radius 2 is 1.37 bits per heavy atom. The first kappa shape index (κ1) is 47.5. The molecule has 4 heterocycles. The normalized spacial score (nSPS) is 55.7. The third-order valence-electron chi connectivity index (χ3n) is 17.4. The van der Waals surface area contributed by atoms with Gasteiger partial charge in [0.1, 0.15) is 61.0 Å². The van der Waals surface area contributed by atoms with Gasteiger partial charge in [0.15, 0.2) is 24.7 Å². The van der Waals surface area contributed by atoms with Gasteiger partial charge in [-0.2, -0.15) is 0 Å². The van der Waals surface area contributed by atoms with Crippen LogP contribution in [0.15, 0.2) is 11.6 Å². The van der Waals surface area contributed by atoms with E-state index in [9.17, 15) is 51.1 Å². The maximum absolute atomic E-state index is 12.0. The minimum Gasteiger partial charge on any atom is -0.396 e. The van der Waals surface area contributed by atoms with Gasteiger partial charge in [0.05, 0.1) is 31.0 Å². The Kier molecular flexibility index (Phi) is 13.8. The molecule has 4 aliphatic heterocycles. The summed E-state index contributed by atoms with van der Waals surface area (Å²) in [5.41, 5.74) is 1.27. The molecule has 8 rings (SSSR count). The average Bonchev–Trinajstić information content (AvgIpc) is 3.68. The highest BCUT2D eigenvalue weighted by molar-refractivity contribution is 5.26. The first-order valence-corrected chi connectivity index (χ1v) is 23.3. The summed E-state index contributed by atoms with van der Waals surface area (Å²) in [5.74, 6) is 0.570. The summed E-state index contributed by atoms with van der Waals surface area (Å²) in [6, 6.07) is 0.